The average molecular weight is 391 g/mol. The molecule has 146 valence electrons. The molecule has 1 aromatic rings. The van der Waals surface area contributed by atoms with E-state index >= 15 is 0 Å². The third-order valence-corrected chi connectivity index (χ3v) is 5.41. The first-order valence-electron chi connectivity index (χ1n) is 8.91. The molecule has 4 rings (SSSR count). The van der Waals surface area contributed by atoms with E-state index in [4.69, 9.17) is 19.7 Å². The van der Waals surface area contributed by atoms with Crippen molar-refractivity contribution in [2.45, 2.75) is 32.4 Å². The van der Waals surface area contributed by atoms with Crippen LogP contribution in [0.3, 0.4) is 0 Å². The number of fused-ring (bicyclic) bond motifs is 1. The van der Waals surface area contributed by atoms with E-state index < -0.39 is 5.66 Å². The first-order chi connectivity index (χ1) is 12.1. The molecule has 0 aromatic heterocycles. The van der Waals surface area contributed by atoms with E-state index in [-0.39, 0.29) is 17.9 Å². The van der Waals surface area contributed by atoms with Crippen molar-refractivity contribution < 1.29 is 10.2 Å². The van der Waals surface area contributed by atoms with Gasteiger partial charge < -0.3 is 15.5 Å². The molecular weight excluding hydrogens is 364 g/mol. The minimum Gasteiger partial charge on any atom is -0.497 e. The lowest BCUT2D eigenvalue weighted by Crippen LogP contribution is -2.42. The Kier molecular flexibility index (Phi) is 6.57. The molecule has 1 fully saturated rings. The molecule has 0 aliphatic carbocycles. The molecule has 1 atom stereocenters. The second-order valence-electron chi connectivity index (χ2n) is 7.02. The number of hydrogen-bond acceptors (Lipinski definition) is 5. The van der Waals surface area contributed by atoms with Gasteiger partial charge in [0.1, 0.15) is 11.5 Å². The normalized spacial score (nSPS) is 24.4. The summed E-state index contributed by atoms with van der Waals surface area (Å²) in [5.74, 6) is 1.32. The van der Waals surface area contributed by atoms with Crippen LogP contribution in [0.4, 0.5) is 0 Å². The molecule has 3 aliphatic heterocycles. The maximum Gasteiger partial charge on any atom is 0.151 e. The van der Waals surface area contributed by atoms with Crippen molar-refractivity contribution in [3.05, 3.63) is 35.5 Å². The number of ether oxygens (including phenoxy) is 1. The summed E-state index contributed by atoms with van der Waals surface area (Å²) in [6, 6.07) is 8.12. The lowest BCUT2D eigenvalue weighted by atomic mass is 9.85. The van der Waals surface area contributed by atoms with E-state index in [1.54, 1.807) is 7.11 Å². The molecule has 0 bridgehead atoms. The van der Waals surface area contributed by atoms with E-state index in [1.807, 2.05) is 25.3 Å². The van der Waals surface area contributed by atoms with E-state index in [0.29, 0.717) is 5.92 Å². The van der Waals surface area contributed by atoms with Crippen molar-refractivity contribution in [3.8, 4) is 5.75 Å². The predicted molar refractivity (Wildman–Crippen MR) is 114 cm³/mol. The molecule has 1 unspecified atom stereocenters. The number of piperidine rings is 1. The van der Waals surface area contributed by atoms with Crippen molar-refractivity contribution in [1.82, 2.24) is 5.32 Å². The van der Waals surface area contributed by atoms with Gasteiger partial charge in [0.15, 0.2) is 5.66 Å². The van der Waals surface area contributed by atoms with Gasteiger partial charge in [0.2, 0.25) is 0 Å². The van der Waals surface area contributed by atoms with Gasteiger partial charge in [-0.1, -0.05) is 12.1 Å². The summed E-state index contributed by atoms with van der Waals surface area (Å²) in [7, 11) is 1.68. The van der Waals surface area contributed by atoms with Crippen molar-refractivity contribution in [2.24, 2.45) is 20.9 Å². The van der Waals surface area contributed by atoms with Gasteiger partial charge >= 0.3 is 0 Å². The molecule has 27 heavy (non-hydrogen) atoms. The highest BCUT2D eigenvalue weighted by molar-refractivity contribution is 6.74. The zero-order valence-electron chi connectivity index (χ0n) is 16.0. The molecule has 3 aliphatic rings. The molecule has 3 heterocycles. The number of benzene rings is 1. The topological polar surface area (TPSA) is 89.8 Å². The number of aliphatic imine (C=N–C) groups is 3. The summed E-state index contributed by atoms with van der Waals surface area (Å²) in [5, 5.41) is 3.42. The van der Waals surface area contributed by atoms with Crippen LogP contribution in [0.5, 0.6) is 5.75 Å². The van der Waals surface area contributed by atoms with Crippen molar-refractivity contribution in [3.63, 3.8) is 0 Å². The third kappa shape index (κ3) is 3.83. The zero-order chi connectivity index (χ0) is 17.4. The van der Waals surface area contributed by atoms with Crippen LogP contribution in [0.25, 0.3) is 5.57 Å². The fraction of sp³-hybridized carbons (Fsp3) is 0.450. The molecule has 1 saturated heterocycles. The maximum absolute atomic E-state index is 5.28. The molecule has 6 nitrogen and oxygen atoms in total. The summed E-state index contributed by atoms with van der Waals surface area (Å²) in [5.41, 5.74) is 4.72. The highest BCUT2D eigenvalue weighted by Gasteiger charge is 2.39. The Morgan fingerprint density at radius 3 is 2.44 bits per heavy atom. The van der Waals surface area contributed by atoms with Crippen LogP contribution in [0, 0.1) is 5.92 Å². The van der Waals surface area contributed by atoms with Crippen LogP contribution in [-0.4, -0.2) is 49.0 Å². The Hall–Kier alpha value is -2.02. The standard InChI is InChI=1S/C20H24N4O.ClH.H2O/c1-13-18(14-4-6-16(25-3)7-5-14)19-17(23-13)12-22-20(2,24-19)15-8-10-21-11-9-15;;/h4-7,12,15,21H,8-11H2,1-3H3;1H;1H2. The van der Waals surface area contributed by atoms with Crippen LogP contribution in [-0.2, 0) is 0 Å². The summed E-state index contributed by atoms with van der Waals surface area (Å²) in [6.07, 6.45) is 4.14. The number of rotatable bonds is 3. The smallest absolute Gasteiger partial charge is 0.151 e. The second kappa shape index (κ2) is 8.33. The van der Waals surface area contributed by atoms with Gasteiger partial charge in [-0.05, 0) is 57.5 Å². The summed E-state index contributed by atoms with van der Waals surface area (Å²) < 4.78 is 5.28. The Balaban J connectivity index is 0.00000131. The van der Waals surface area contributed by atoms with Crippen LogP contribution >= 0.6 is 12.4 Å². The fourth-order valence-electron chi connectivity index (χ4n) is 3.91. The van der Waals surface area contributed by atoms with Gasteiger partial charge in [0.25, 0.3) is 0 Å². The van der Waals surface area contributed by atoms with E-state index in [2.05, 4.69) is 24.4 Å². The highest BCUT2D eigenvalue weighted by atomic mass is 35.5. The largest absolute Gasteiger partial charge is 0.497 e. The highest BCUT2D eigenvalue weighted by Crippen LogP contribution is 2.37. The number of allylic oxidation sites excluding steroid dienone is 2. The number of halogens is 1. The number of methoxy groups -OCH3 is 1. The quantitative estimate of drug-likeness (QED) is 0.859. The van der Waals surface area contributed by atoms with E-state index in [9.17, 15) is 0 Å². The number of nitrogens with zero attached hydrogens (tertiary/aromatic N) is 3. The molecule has 0 amide bonds. The van der Waals surface area contributed by atoms with Crippen molar-refractivity contribution in [1.29, 1.82) is 0 Å². The maximum atomic E-state index is 5.28. The van der Waals surface area contributed by atoms with E-state index in [1.165, 1.54) is 0 Å². The SMILES string of the molecule is COc1ccc(C2=C(C)N=C3C=NC(C)(C4CCNCC4)N=C32)cc1.Cl.O. The molecule has 1 aromatic carbocycles. The Bertz CT molecular complexity index is 808. The minimum atomic E-state index is -0.390. The van der Waals surface area contributed by atoms with Crippen LogP contribution < -0.4 is 10.1 Å². The first kappa shape index (κ1) is 21.3. The molecule has 0 radical (unpaired) electrons. The van der Waals surface area contributed by atoms with E-state index in [0.717, 1.165) is 59.9 Å². The van der Waals surface area contributed by atoms with Gasteiger partial charge in [-0.3, -0.25) is 9.98 Å². The summed E-state index contributed by atoms with van der Waals surface area (Å²) in [6.45, 7) is 6.29. The number of hydrogen-bond donors (Lipinski definition) is 1. The molecule has 0 saturated carbocycles. The van der Waals surface area contributed by atoms with Crippen molar-refractivity contribution >= 4 is 35.6 Å². The lowest BCUT2D eigenvalue weighted by molar-refractivity contribution is 0.244. The molecule has 0 spiro atoms. The van der Waals surface area contributed by atoms with Gasteiger partial charge in [-0.15, -0.1) is 12.4 Å². The van der Waals surface area contributed by atoms with Crippen molar-refractivity contribution in [2.75, 3.05) is 20.2 Å². The van der Waals surface area contributed by atoms with Crippen LogP contribution in [0.1, 0.15) is 32.3 Å². The van der Waals surface area contributed by atoms with Gasteiger partial charge in [-0.25, -0.2) is 4.99 Å². The van der Waals surface area contributed by atoms with Gasteiger partial charge in [-0.2, -0.15) is 0 Å². The number of nitrogens with one attached hydrogen (secondary N) is 1. The third-order valence-electron chi connectivity index (χ3n) is 5.41. The fourth-order valence-corrected chi connectivity index (χ4v) is 3.91. The first-order valence-corrected chi connectivity index (χ1v) is 8.91. The van der Waals surface area contributed by atoms with Gasteiger partial charge in [0, 0.05) is 17.2 Å². The Labute approximate surface area is 166 Å². The molecule has 7 heteroatoms. The average Bonchev–Trinajstić information content (AvgIpc) is 2.97. The lowest BCUT2D eigenvalue weighted by Gasteiger charge is -2.36. The summed E-state index contributed by atoms with van der Waals surface area (Å²) in [4.78, 5) is 14.6. The second-order valence-corrected chi connectivity index (χ2v) is 7.02. The predicted octanol–water partition coefficient (Wildman–Crippen LogP) is 2.72. The molecule has 3 N–H and O–H groups in total. The minimum absolute atomic E-state index is 0. The Morgan fingerprint density at radius 2 is 1.81 bits per heavy atom. The monoisotopic (exact) mass is 390 g/mol. The zero-order valence-corrected chi connectivity index (χ0v) is 16.8. The van der Waals surface area contributed by atoms with Gasteiger partial charge in [0.05, 0.1) is 19.0 Å². The molecular formula is C20H27ClN4O2. The summed E-state index contributed by atoms with van der Waals surface area (Å²) >= 11 is 0. The van der Waals surface area contributed by atoms with Crippen LogP contribution in [0.15, 0.2) is 44.9 Å². The Morgan fingerprint density at radius 1 is 1.15 bits per heavy atom. The van der Waals surface area contributed by atoms with Crippen LogP contribution in [0.2, 0.25) is 0 Å².